The van der Waals surface area contributed by atoms with Gasteiger partial charge in [-0.05, 0) is 73.2 Å². The molecule has 5 N–H and O–H groups in total. The molecule has 4 heterocycles. The van der Waals surface area contributed by atoms with Gasteiger partial charge in [0.15, 0.2) is 5.78 Å². The number of quaternary nitrogens is 1. The minimum Gasteiger partial charge on any atom is -1.00 e. The van der Waals surface area contributed by atoms with E-state index < -0.39 is 29.9 Å². The van der Waals surface area contributed by atoms with Crippen LogP contribution in [0.3, 0.4) is 0 Å². The van der Waals surface area contributed by atoms with Crippen LogP contribution >= 0.6 is 0 Å². The summed E-state index contributed by atoms with van der Waals surface area (Å²) in [6.45, 7) is 2.78. The van der Waals surface area contributed by atoms with Crippen molar-refractivity contribution in [3.63, 3.8) is 0 Å². The molecule has 4 aliphatic rings. The predicted octanol–water partition coefficient (Wildman–Crippen LogP) is -1.05. The van der Waals surface area contributed by atoms with Gasteiger partial charge in [0, 0.05) is 25.7 Å². The Labute approximate surface area is 259 Å². The predicted molar refractivity (Wildman–Crippen MR) is 157 cm³/mol. The number of Topliss-reactive ketones (excluding diaryl/α,β-unsaturated/α-hetero) is 1. The lowest BCUT2D eigenvalue weighted by Gasteiger charge is -2.23. The van der Waals surface area contributed by atoms with Crippen LogP contribution in [-0.2, 0) is 36.8 Å². The number of carbonyl (C=O) groups is 4. The number of methoxy groups -OCH3 is 1. The third kappa shape index (κ3) is 12.1. The van der Waals surface area contributed by atoms with Crippen LogP contribution in [0.1, 0.15) is 43.7 Å². The van der Waals surface area contributed by atoms with E-state index in [1.54, 1.807) is 12.1 Å². The zero-order valence-corrected chi connectivity index (χ0v) is 25.6. The molecule has 2 amide bonds. The number of nitrogens with one attached hydrogen (secondary N) is 2. The fraction of sp³-hybridized carbons (Fsp3) is 0.438. The van der Waals surface area contributed by atoms with Gasteiger partial charge in [-0.1, -0.05) is 24.3 Å². The summed E-state index contributed by atoms with van der Waals surface area (Å²) in [7, 11) is 1.27. The molecule has 234 valence electrons. The molecular formula is C32H42ClN3O7. The topological polar surface area (TPSA) is 148 Å². The van der Waals surface area contributed by atoms with Crippen molar-refractivity contribution in [2.45, 2.75) is 57.5 Å². The van der Waals surface area contributed by atoms with Crippen LogP contribution < -0.4 is 38.2 Å². The van der Waals surface area contributed by atoms with Crippen LogP contribution in [0, 0.1) is 5.92 Å². The molecule has 0 aliphatic carbocycles. The van der Waals surface area contributed by atoms with Crippen molar-refractivity contribution < 1.29 is 51.5 Å². The van der Waals surface area contributed by atoms with Gasteiger partial charge in [-0.2, -0.15) is 0 Å². The van der Waals surface area contributed by atoms with Gasteiger partial charge in [-0.25, -0.2) is 4.79 Å². The minimum atomic E-state index is -0.936. The number of amides is 2. The van der Waals surface area contributed by atoms with Crippen molar-refractivity contribution in [2.75, 3.05) is 26.9 Å². The van der Waals surface area contributed by atoms with Crippen LogP contribution in [0.5, 0.6) is 11.5 Å². The Morgan fingerprint density at radius 3 is 1.98 bits per heavy atom. The molecule has 10 nitrogen and oxygen atoms in total. The van der Waals surface area contributed by atoms with Crippen LogP contribution in [0.15, 0.2) is 60.7 Å². The van der Waals surface area contributed by atoms with E-state index in [0.29, 0.717) is 44.1 Å². The highest BCUT2D eigenvalue weighted by Crippen LogP contribution is 2.20. The number of unbranched alkanes of at least 4 members (excludes halogenated alkanes) is 1. The van der Waals surface area contributed by atoms with Crippen molar-refractivity contribution in [2.24, 2.45) is 5.92 Å². The molecule has 0 saturated carbocycles. The summed E-state index contributed by atoms with van der Waals surface area (Å²) in [4.78, 5) is 51.7. The first-order chi connectivity index (χ1) is 20.3. The van der Waals surface area contributed by atoms with Gasteiger partial charge >= 0.3 is 5.97 Å². The molecule has 4 aliphatic heterocycles. The third-order valence-electron chi connectivity index (χ3n) is 7.02. The van der Waals surface area contributed by atoms with Gasteiger partial charge in [-0.15, -0.1) is 0 Å². The first kappa shape index (κ1) is 35.3. The molecule has 0 aromatic heterocycles. The summed E-state index contributed by atoms with van der Waals surface area (Å²) >= 11 is 0. The highest BCUT2D eigenvalue weighted by Gasteiger charge is 2.30. The van der Waals surface area contributed by atoms with E-state index in [0.717, 1.165) is 17.5 Å². The summed E-state index contributed by atoms with van der Waals surface area (Å²) in [5, 5.41) is 5.58. The number of ketones is 1. The molecule has 4 bridgehead atoms. The van der Waals surface area contributed by atoms with Crippen molar-refractivity contribution >= 4 is 23.6 Å². The van der Waals surface area contributed by atoms with E-state index in [4.69, 9.17) is 14.2 Å². The zero-order chi connectivity index (χ0) is 30.3. The first-order valence-electron chi connectivity index (χ1n) is 14.3. The molecule has 0 fully saturated rings. The lowest BCUT2D eigenvalue weighted by Crippen LogP contribution is -3.00. The lowest BCUT2D eigenvalue weighted by molar-refractivity contribution is -0.368. The van der Waals surface area contributed by atoms with Crippen molar-refractivity contribution in [1.82, 2.24) is 10.6 Å². The van der Waals surface area contributed by atoms with Crippen molar-refractivity contribution in [3.8, 4) is 11.5 Å². The Morgan fingerprint density at radius 1 is 0.907 bits per heavy atom. The smallest absolute Gasteiger partial charge is 0.328 e. The van der Waals surface area contributed by atoms with Crippen LogP contribution in [-0.4, -0.2) is 62.5 Å². The van der Waals surface area contributed by atoms with Gasteiger partial charge in [-0.3, -0.25) is 14.4 Å². The second kappa shape index (κ2) is 18.6. The fourth-order valence-electron chi connectivity index (χ4n) is 4.73. The standard InChI is InChI=1S/C32H41N3O7.ClH/c1-22(36)34-28-19-23-8-12-26(13-9-23)41-17-5-6-18-42-27-14-10-24(11-15-27)20-29(32(39)40-2)35-31(38)25(21-30(28)37)7-3-4-16-33;/h5-6,8-15,25,28-29H,3-4,7,16-21,33H2,1-2H3,(H,34,36)(H,35,38);1H/t25-,28-,29-;/m0./s1. The Morgan fingerprint density at radius 2 is 1.47 bits per heavy atom. The quantitative estimate of drug-likeness (QED) is 0.213. The van der Waals surface area contributed by atoms with Gasteiger partial charge in [0.05, 0.1) is 19.7 Å². The molecule has 0 spiro atoms. The average Bonchev–Trinajstić information content (AvgIpc) is 2.98. The Bertz CT molecular complexity index is 1220. The van der Waals surface area contributed by atoms with Crippen LogP contribution in [0.25, 0.3) is 0 Å². The number of ether oxygens (including phenoxy) is 3. The van der Waals surface area contributed by atoms with E-state index in [9.17, 15) is 19.2 Å². The number of hydrogen-bond donors (Lipinski definition) is 3. The summed E-state index contributed by atoms with van der Waals surface area (Å²) in [5.41, 5.74) is 5.51. The van der Waals surface area contributed by atoms with Gasteiger partial charge < -0.3 is 43.0 Å². The molecule has 0 radical (unpaired) electrons. The third-order valence-corrected chi connectivity index (χ3v) is 7.02. The normalized spacial score (nSPS) is 19.7. The summed E-state index contributed by atoms with van der Waals surface area (Å²) in [6, 6.07) is 12.8. The molecule has 3 atom stereocenters. The number of esters is 1. The van der Waals surface area contributed by atoms with E-state index >= 15 is 0 Å². The molecule has 0 unspecified atom stereocenters. The summed E-state index contributed by atoms with van der Waals surface area (Å²) < 4.78 is 16.5. The van der Waals surface area contributed by atoms with E-state index in [1.807, 2.05) is 48.6 Å². The largest absolute Gasteiger partial charge is 1.00 e. The Hall–Kier alpha value is -3.89. The first-order valence-corrected chi connectivity index (χ1v) is 14.3. The highest BCUT2D eigenvalue weighted by molar-refractivity contribution is 5.93. The number of rotatable bonds is 6. The zero-order valence-electron chi connectivity index (χ0n) is 24.8. The lowest BCUT2D eigenvalue weighted by atomic mass is 9.90. The molecule has 2 aromatic carbocycles. The Balaban J connectivity index is 0.00000645. The highest BCUT2D eigenvalue weighted by atomic mass is 35.5. The molecule has 11 heteroatoms. The molecule has 6 rings (SSSR count). The van der Waals surface area contributed by atoms with Crippen LogP contribution in [0.2, 0.25) is 0 Å². The number of halogens is 1. The summed E-state index contributed by atoms with van der Waals surface area (Å²) in [6.07, 6.45) is 6.05. The van der Waals surface area contributed by atoms with E-state index in [1.165, 1.54) is 14.0 Å². The fourth-order valence-corrected chi connectivity index (χ4v) is 4.73. The van der Waals surface area contributed by atoms with Gasteiger partial charge in [0.25, 0.3) is 0 Å². The second-order valence-corrected chi connectivity index (χ2v) is 10.3. The monoisotopic (exact) mass is 615 g/mol. The van der Waals surface area contributed by atoms with Crippen molar-refractivity contribution in [3.05, 3.63) is 71.8 Å². The average molecular weight is 616 g/mol. The van der Waals surface area contributed by atoms with Gasteiger partial charge in [0.2, 0.25) is 11.8 Å². The maximum atomic E-state index is 13.5. The Kier molecular flexibility index (Phi) is 15.3. The molecule has 2 aromatic rings. The number of carbonyl (C=O) groups excluding carboxylic acids is 4. The van der Waals surface area contributed by atoms with Gasteiger partial charge in [0.1, 0.15) is 30.8 Å². The second-order valence-electron chi connectivity index (χ2n) is 10.3. The number of benzene rings is 2. The maximum Gasteiger partial charge on any atom is 0.328 e. The maximum absolute atomic E-state index is 13.5. The molecule has 0 saturated heterocycles. The minimum absolute atomic E-state index is 0. The van der Waals surface area contributed by atoms with Crippen molar-refractivity contribution in [1.29, 1.82) is 0 Å². The molecule has 43 heavy (non-hydrogen) atoms. The van der Waals surface area contributed by atoms with E-state index in [2.05, 4.69) is 16.4 Å². The SMILES string of the molecule is COC(=O)[C@@H]1Cc2ccc(cc2)OCC=CCOc2ccc(cc2)C[C@H](NC(C)=O)C(=O)C[C@H](CCCC[NH3+])C(=O)N1.[Cl-]. The van der Waals surface area contributed by atoms with E-state index in [-0.39, 0.29) is 43.4 Å². The number of hydrogen-bond acceptors (Lipinski definition) is 7. The van der Waals surface area contributed by atoms with Crippen LogP contribution in [0.4, 0.5) is 0 Å². The molecular weight excluding hydrogens is 574 g/mol. The summed E-state index contributed by atoms with van der Waals surface area (Å²) in [5.74, 6) is -0.934.